The third kappa shape index (κ3) is 4.42. The summed E-state index contributed by atoms with van der Waals surface area (Å²) >= 11 is 0. The number of aromatic nitrogens is 2. The maximum absolute atomic E-state index is 11.7. The topological polar surface area (TPSA) is 56.2 Å². The van der Waals surface area contributed by atoms with Gasteiger partial charge in [-0.15, -0.1) is 0 Å². The van der Waals surface area contributed by atoms with Crippen molar-refractivity contribution in [1.82, 2.24) is 15.1 Å². The normalized spacial score (nSPS) is 16.8. The zero-order chi connectivity index (χ0) is 15.9. The van der Waals surface area contributed by atoms with Gasteiger partial charge in [0.2, 0.25) is 5.91 Å². The molecule has 1 aromatic heterocycles. The van der Waals surface area contributed by atoms with E-state index in [9.17, 15) is 4.79 Å². The highest BCUT2D eigenvalue weighted by molar-refractivity contribution is 5.75. The Hall–Kier alpha value is -2.14. The first kappa shape index (κ1) is 15.7. The second-order valence-electron chi connectivity index (χ2n) is 5.86. The number of nitrogens with zero attached hydrogens (tertiary/aromatic N) is 2. The molecule has 1 aliphatic carbocycles. The van der Waals surface area contributed by atoms with Crippen LogP contribution in [0.4, 0.5) is 0 Å². The summed E-state index contributed by atoms with van der Waals surface area (Å²) in [6.45, 7) is 1.57. The quantitative estimate of drug-likeness (QED) is 0.799. The van der Waals surface area contributed by atoms with Gasteiger partial charge in [-0.1, -0.05) is 24.3 Å². The molecule has 1 heterocycles. The molecule has 5 heteroatoms. The molecule has 0 aliphatic heterocycles. The van der Waals surface area contributed by atoms with E-state index in [4.69, 9.17) is 4.74 Å². The van der Waals surface area contributed by atoms with E-state index in [1.165, 1.54) is 17.5 Å². The molecule has 0 spiro atoms. The molecule has 1 aromatic carbocycles. The van der Waals surface area contributed by atoms with E-state index in [0.29, 0.717) is 13.2 Å². The number of ether oxygens (including phenoxy) is 1. The van der Waals surface area contributed by atoms with Crippen LogP contribution in [0.3, 0.4) is 0 Å². The summed E-state index contributed by atoms with van der Waals surface area (Å²) in [7, 11) is 0. The molecule has 0 saturated carbocycles. The minimum absolute atomic E-state index is 0.0169. The van der Waals surface area contributed by atoms with E-state index in [-0.39, 0.29) is 18.6 Å². The lowest BCUT2D eigenvalue weighted by molar-refractivity contribution is -0.121. The highest BCUT2D eigenvalue weighted by atomic mass is 16.5. The SMILES string of the molecule is O=C(Cn1cccn1)NCCCO[C@H]1CCCc2ccccc21. The average Bonchev–Trinajstić information content (AvgIpc) is 3.07. The molecule has 0 radical (unpaired) electrons. The van der Waals surface area contributed by atoms with E-state index in [0.717, 1.165) is 19.3 Å². The van der Waals surface area contributed by atoms with Gasteiger partial charge in [0.25, 0.3) is 0 Å². The van der Waals surface area contributed by atoms with Gasteiger partial charge < -0.3 is 10.1 Å². The van der Waals surface area contributed by atoms with Crippen LogP contribution in [0.25, 0.3) is 0 Å². The number of nitrogens with one attached hydrogen (secondary N) is 1. The molecule has 0 unspecified atom stereocenters. The van der Waals surface area contributed by atoms with E-state index in [1.807, 2.05) is 6.07 Å². The summed E-state index contributed by atoms with van der Waals surface area (Å²) in [6, 6.07) is 10.3. The van der Waals surface area contributed by atoms with Crippen molar-refractivity contribution in [2.24, 2.45) is 0 Å². The Morgan fingerprint density at radius 2 is 2.26 bits per heavy atom. The molecule has 1 N–H and O–H groups in total. The van der Waals surface area contributed by atoms with Gasteiger partial charge in [0, 0.05) is 25.5 Å². The third-order valence-electron chi connectivity index (χ3n) is 4.14. The number of carbonyl (C=O) groups excluding carboxylic acids is 1. The molecule has 0 fully saturated rings. The summed E-state index contributed by atoms with van der Waals surface area (Å²) < 4.78 is 7.64. The van der Waals surface area contributed by atoms with Crippen molar-refractivity contribution in [3.05, 3.63) is 53.9 Å². The van der Waals surface area contributed by atoms with Crippen LogP contribution < -0.4 is 5.32 Å². The fourth-order valence-electron chi connectivity index (χ4n) is 3.01. The van der Waals surface area contributed by atoms with Crippen LogP contribution in [0.15, 0.2) is 42.7 Å². The van der Waals surface area contributed by atoms with E-state index >= 15 is 0 Å². The second kappa shape index (κ2) is 7.92. The summed E-state index contributed by atoms with van der Waals surface area (Å²) in [5, 5.41) is 6.91. The van der Waals surface area contributed by atoms with Crippen molar-refractivity contribution in [2.45, 2.75) is 38.3 Å². The van der Waals surface area contributed by atoms with Crippen LogP contribution in [-0.2, 0) is 22.5 Å². The minimum Gasteiger partial charge on any atom is -0.373 e. The van der Waals surface area contributed by atoms with Crippen molar-refractivity contribution in [1.29, 1.82) is 0 Å². The predicted molar refractivity (Wildman–Crippen MR) is 87.9 cm³/mol. The number of fused-ring (bicyclic) bond motifs is 1. The first-order chi connectivity index (χ1) is 11.3. The van der Waals surface area contributed by atoms with Crippen molar-refractivity contribution in [2.75, 3.05) is 13.2 Å². The highest BCUT2D eigenvalue weighted by Gasteiger charge is 2.19. The van der Waals surface area contributed by atoms with Crippen molar-refractivity contribution in [3.63, 3.8) is 0 Å². The lowest BCUT2D eigenvalue weighted by Gasteiger charge is -2.25. The predicted octanol–water partition coefficient (Wildman–Crippen LogP) is 2.48. The maximum atomic E-state index is 11.7. The summed E-state index contributed by atoms with van der Waals surface area (Å²) in [4.78, 5) is 11.7. The molecular weight excluding hydrogens is 290 g/mol. The van der Waals surface area contributed by atoms with Crippen LogP contribution in [0.1, 0.15) is 36.5 Å². The molecule has 23 heavy (non-hydrogen) atoms. The van der Waals surface area contributed by atoms with Crippen LogP contribution >= 0.6 is 0 Å². The summed E-state index contributed by atoms with van der Waals surface area (Å²) in [6.07, 6.45) is 7.90. The van der Waals surface area contributed by atoms with E-state index < -0.39 is 0 Å². The number of aryl methyl sites for hydroxylation is 1. The summed E-state index contributed by atoms with van der Waals surface area (Å²) in [5.74, 6) is -0.0169. The Kier molecular flexibility index (Phi) is 5.42. The standard InChI is InChI=1S/C18H23N3O2/c22-18(14-21-12-4-11-20-21)19-10-5-13-23-17-9-3-7-15-6-1-2-8-16(15)17/h1-2,4,6,8,11-12,17H,3,5,7,9-10,13-14H2,(H,19,22)/t17-/m0/s1. The first-order valence-corrected chi connectivity index (χ1v) is 8.26. The average molecular weight is 313 g/mol. The Morgan fingerprint density at radius 3 is 3.13 bits per heavy atom. The van der Waals surface area contributed by atoms with Gasteiger partial charge >= 0.3 is 0 Å². The Bertz CT molecular complexity index is 625. The first-order valence-electron chi connectivity index (χ1n) is 8.26. The van der Waals surface area contributed by atoms with Gasteiger partial charge in [-0.2, -0.15) is 5.10 Å². The fraction of sp³-hybridized carbons (Fsp3) is 0.444. The van der Waals surface area contributed by atoms with Crippen molar-refractivity contribution >= 4 is 5.91 Å². The van der Waals surface area contributed by atoms with Crippen LogP contribution in [0.5, 0.6) is 0 Å². The molecule has 0 bridgehead atoms. The smallest absolute Gasteiger partial charge is 0.241 e. The van der Waals surface area contributed by atoms with Crippen LogP contribution in [0.2, 0.25) is 0 Å². The molecule has 1 atom stereocenters. The molecule has 3 rings (SSSR count). The molecule has 122 valence electrons. The van der Waals surface area contributed by atoms with E-state index in [1.54, 1.807) is 17.1 Å². The lowest BCUT2D eigenvalue weighted by atomic mass is 9.89. The number of rotatable bonds is 7. The maximum Gasteiger partial charge on any atom is 0.241 e. The monoisotopic (exact) mass is 313 g/mol. The lowest BCUT2D eigenvalue weighted by Crippen LogP contribution is -2.29. The van der Waals surface area contributed by atoms with Crippen LogP contribution in [-0.4, -0.2) is 28.8 Å². The van der Waals surface area contributed by atoms with E-state index in [2.05, 4.69) is 34.7 Å². The van der Waals surface area contributed by atoms with Crippen molar-refractivity contribution < 1.29 is 9.53 Å². The highest BCUT2D eigenvalue weighted by Crippen LogP contribution is 2.32. The molecule has 1 aliphatic rings. The zero-order valence-corrected chi connectivity index (χ0v) is 13.3. The van der Waals surface area contributed by atoms with Gasteiger partial charge in [-0.25, -0.2) is 0 Å². The Labute approximate surface area is 136 Å². The number of amides is 1. The third-order valence-corrected chi connectivity index (χ3v) is 4.14. The van der Waals surface area contributed by atoms with Gasteiger partial charge in [-0.3, -0.25) is 9.48 Å². The number of hydrogen-bond donors (Lipinski definition) is 1. The van der Waals surface area contributed by atoms with Crippen LogP contribution in [0, 0.1) is 0 Å². The number of carbonyl (C=O) groups is 1. The van der Waals surface area contributed by atoms with Gasteiger partial charge in [0.1, 0.15) is 6.54 Å². The molecule has 5 nitrogen and oxygen atoms in total. The second-order valence-corrected chi connectivity index (χ2v) is 5.86. The minimum atomic E-state index is -0.0169. The Morgan fingerprint density at radius 1 is 1.35 bits per heavy atom. The molecular formula is C18H23N3O2. The number of hydrogen-bond acceptors (Lipinski definition) is 3. The van der Waals surface area contributed by atoms with Gasteiger partial charge in [0.15, 0.2) is 0 Å². The molecule has 1 amide bonds. The molecule has 0 saturated heterocycles. The Balaban J connectivity index is 1.35. The van der Waals surface area contributed by atoms with Gasteiger partial charge in [0.05, 0.1) is 6.10 Å². The molecule has 2 aromatic rings. The summed E-state index contributed by atoms with van der Waals surface area (Å²) in [5.41, 5.74) is 2.75. The zero-order valence-electron chi connectivity index (χ0n) is 13.3. The van der Waals surface area contributed by atoms with Gasteiger partial charge in [-0.05, 0) is 42.9 Å². The van der Waals surface area contributed by atoms with Crippen molar-refractivity contribution in [3.8, 4) is 0 Å². The largest absolute Gasteiger partial charge is 0.373 e. The number of benzene rings is 1. The fourth-order valence-corrected chi connectivity index (χ4v) is 3.01.